The zero-order valence-corrected chi connectivity index (χ0v) is 18.2. The number of aromatic nitrogens is 4. The summed E-state index contributed by atoms with van der Waals surface area (Å²) >= 11 is 0. The molecule has 1 amide bonds. The Hall–Kier alpha value is -3.41. The van der Waals surface area contributed by atoms with E-state index in [-0.39, 0.29) is 29.9 Å². The van der Waals surface area contributed by atoms with Gasteiger partial charge in [0.1, 0.15) is 17.0 Å². The number of carbonyl (C=O) groups excluding carboxylic acids is 1. The number of hydrogen-bond donors (Lipinski definition) is 3. The minimum absolute atomic E-state index is 0.0832. The molecule has 1 aliphatic carbocycles. The molecule has 1 saturated carbocycles. The van der Waals surface area contributed by atoms with E-state index in [4.69, 9.17) is 10.5 Å². The van der Waals surface area contributed by atoms with Crippen molar-refractivity contribution in [3.8, 4) is 0 Å². The molecule has 34 heavy (non-hydrogen) atoms. The summed E-state index contributed by atoms with van der Waals surface area (Å²) in [6.45, 7) is 1.21. The van der Waals surface area contributed by atoms with Gasteiger partial charge in [0.15, 0.2) is 17.3 Å². The van der Waals surface area contributed by atoms with Gasteiger partial charge in [-0.3, -0.25) is 9.36 Å². The van der Waals surface area contributed by atoms with Crippen LogP contribution in [0.1, 0.15) is 38.1 Å². The fraction of sp³-hybridized carbons (Fsp3) is 0.455. The Labute approximate surface area is 192 Å². The topological polar surface area (TPSA) is 120 Å². The van der Waals surface area contributed by atoms with Gasteiger partial charge in [-0.2, -0.15) is 4.98 Å². The van der Waals surface area contributed by atoms with Crippen molar-refractivity contribution in [2.75, 3.05) is 23.8 Å². The Balaban J connectivity index is 1.54. The van der Waals surface area contributed by atoms with Gasteiger partial charge in [0.25, 0.3) is 0 Å². The number of imidazole rings is 1. The molecule has 1 atom stereocenters. The highest BCUT2D eigenvalue weighted by Gasteiger charge is 2.30. The van der Waals surface area contributed by atoms with Crippen LogP contribution in [-0.2, 0) is 9.53 Å². The lowest BCUT2D eigenvalue weighted by Crippen LogP contribution is -2.29. The van der Waals surface area contributed by atoms with E-state index in [2.05, 4.69) is 25.6 Å². The predicted octanol–water partition coefficient (Wildman–Crippen LogP) is 3.40. The number of benzene rings is 1. The molecular weight excluding hydrogens is 451 g/mol. The van der Waals surface area contributed by atoms with Gasteiger partial charge in [-0.05, 0) is 32.1 Å². The maximum Gasteiger partial charge on any atom is 0.225 e. The summed E-state index contributed by atoms with van der Waals surface area (Å²) in [7, 11) is 0. The van der Waals surface area contributed by atoms with Crippen LogP contribution in [0.25, 0.3) is 11.2 Å². The number of nitrogens with two attached hydrogens (primary N) is 1. The number of nitrogens with zero attached hydrogens (tertiary/aromatic N) is 4. The molecule has 0 spiro atoms. The first kappa shape index (κ1) is 22.4. The van der Waals surface area contributed by atoms with Gasteiger partial charge in [0.05, 0.1) is 18.8 Å². The van der Waals surface area contributed by atoms with Crippen molar-refractivity contribution >= 4 is 34.7 Å². The molecule has 2 fully saturated rings. The fourth-order valence-corrected chi connectivity index (χ4v) is 4.62. The lowest BCUT2D eigenvalue weighted by atomic mass is 9.85. The van der Waals surface area contributed by atoms with E-state index in [1.807, 2.05) is 0 Å². The molecule has 2 aliphatic rings. The molecule has 0 radical (unpaired) electrons. The third-order valence-electron chi connectivity index (χ3n) is 6.40. The van der Waals surface area contributed by atoms with E-state index < -0.39 is 23.1 Å². The van der Waals surface area contributed by atoms with Crippen LogP contribution in [0.5, 0.6) is 0 Å². The molecule has 4 N–H and O–H groups in total. The van der Waals surface area contributed by atoms with Gasteiger partial charge in [-0.25, -0.2) is 23.1 Å². The van der Waals surface area contributed by atoms with Crippen LogP contribution in [0.4, 0.5) is 30.8 Å². The summed E-state index contributed by atoms with van der Waals surface area (Å²) in [4.78, 5) is 25.0. The molecule has 0 unspecified atom stereocenters. The predicted molar refractivity (Wildman–Crippen MR) is 118 cm³/mol. The zero-order chi connectivity index (χ0) is 23.8. The molecule has 180 valence electrons. The van der Waals surface area contributed by atoms with Crippen molar-refractivity contribution in [1.29, 1.82) is 0 Å². The van der Waals surface area contributed by atoms with Gasteiger partial charge in [-0.1, -0.05) is 0 Å². The Morgan fingerprint density at radius 1 is 1.09 bits per heavy atom. The fourth-order valence-electron chi connectivity index (χ4n) is 4.62. The Bertz CT molecular complexity index is 1200. The molecule has 1 aromatic carbocycles. The Morgan fingerprint density at radius 3 is 2.47 bits per heavy atom. The average molecular weight is 475 g/mol. The Morgan fingerprint density at radius 2 is 1.82 bits per heavy atom. The van der Waals surface area contributed by atoms with Crippen LogP contribution in [0.3, 0.4) is 0 Å². The molecule has 0 bridgehead atoms. The third-order valence-corrected chi connectivity index (χ3v) is 6.40. The maximum atomic E-state index is 14.4. The number of fused-ring (bicyclic) bond motifs is 1. The molecule has 1 aliphatic heterocycles. The van der Waals surface area contributed by atoms with Gasteiger partial charge in [0, 0.05) is 30.7 Å². The summed E-state index contributed by atoms with van der Waals surface area (Å²) in [5.74, 6) is -3.19. The van der Waals surface area contributed by atoms with Crippen LogP contribution in [0.2, 0.25) is 0 Å². The monoisotopic (exact) mass is 475 g/mol. The number of primary amides is 1. The Kier molecular flexibility index (Phi) is 5.98. The molecule has 3 heterocycles. The number of hydrogen-bond acceptors (Lipinski definition) is 7. The standard InChI is InChI=1S/C22H24F3N7O2/c23-12-7-15(24)18(16(25)8-12)30-22-29-17-9-27-21(28-13-5-6-34-10-13)31-20(17)32(22)14-3-1-11(2-4-14)19(26)33/h7-9,11,13-14H,1-6,10H2,(H2,26,33)(H,29,30)(H,27,28,31)/t11?,13-,14?/m1/s1. The lowest BCUT2D eigenvalue weighted by Gasteiger charge is -2.29. The van der Waals surface area contributed by atoms with E-state index in [0.717, 1.165) is 6.42 Å². The highest BCUT2D eigenvalue weighted by atomic mass is 19.1. The largest absolute Gasteiger partial charge is 0.379 e. The normalized spacial score (nSPS) is 22.7. The zero-order valence-electron chi connectivity index (χ0n) is 18.2. The van der Waals surface area contributed by atoms with Crippen LogP contribution < -0.4 is 16.4 Å². The van der Waals surface area contributed by atoms with Crippen molar-refractivity contribution in [3.63, 3.8) is 0 Å². The third kappa shape index (κ3) is 4.37. The summed E-state index contributed by atoms with van der Waals surface area (Å²) in [6.07, 6.45) is 4.72. The molecule has 3 aromatic rings. The van der Waals surface area contributed by atoms with Gasteiger partial charge in [0.2, 0.25) is 17.8 Å². The van der Waals surface area contributed by atoms with E-state index >= 15 is 0 Å². The first-order chi connectivity index (χ1) is 16.4. The van der Waals surface area contributed by atoms with Crippen LogP contribution in [0, 0.1) is 23.4 Å². The highest BCUT2D eigenvalue weighted by molar-refractivity contribution is 5.78. The van der Waals surface area contributed by atoms with E-state index in [9.17, 15) is 18.0 Å². The van der Waals surface area contributed by atoms with Crippen molar-refractivity contribution in [1.82, 2.24) is 19.5 Å². The van der Waals surface area contributed by atoms with Gasteiger partial charge in [-0.15, -0.1) is 0 Å². The highest BCUT2D eigenvalue weighted by Crippen LogP contribution is 2.37. The lowest BCUT2D eigenvalue weighted by molar-refractivity contribution is -0.122. The van der Waals surface area contributed by atoms with Crippen LogP contribution in [-0.4, -0.2) is 44.7 Å². The van der Waals surface area contributed by atoms with Crippen molar-refractivity contribution in [2.45, 2.75) is 44.2 Å². The quantitative estimate of drug-likeness (QED) is 0.500. The molecule has 9 nitrogen and oxygen atoms in total. The van der Waals surface area contributed by atoms with Crippen LogP contribution >= 0.6 is 0 Å². The second-order valence-electron chi connectivity index (χ2n) is 8.69. The summed E-state index contributed by atoms with van der Waals surface area (Å²) in [6, 6.07) is 1.14. The van der Waals surface area contributed by atoms with Crippen molar-refractivity contribution < 1.29 is 22.7 Å². The second-order valence-corrected chi connectivity index (χ2v) is 8.69. The number of ether oxygens (including phenoxy) is 1. The van der Waals surface area contributed by atoms with Gasteiger partial charge >= 0.3 is 0 Å². The van der Waals surface area contributed by atoms with E-state index in [0.29, 0.717) is 68.1 Å². The number of carbonyl (C=O) groups is 1. The summed E-state index contributed by atoms with van der Waals surface area (Å²) in [5, 5.41) is 5.92. The SMILES string of the molecule is NC(=O)C1CCC(n2c(Nc3c(F)cc(F)cc3F)nc3cnc(N[C@@H]4CCOC4)nc32)CC1. The molecule has 5 rings (SSSR count). The first-order valence-electron chi connectivity index (χ1n) is 11.2. The van der Waals surface area contributed by atoms with E-state index in [1.165, 1.54) is 6.20 Å². The summed E-state index contributed by atoms with van der Waals surface area (Å²) in [5.41, 5.74) is 5.86. The second kappa shape index (κ2) is 9.09. The van der Waals surface area contributed by atoms with Crippen molar-refractivity contribution in [2.24, 2.45) is 11.7 Å². The number of anilines is 3. The molecule has 12 heteroatoms. The van der Waals surface area contributed by atoms with Crippen LogP contribution in [0.15, 0.2) is 18.3 Å². The number of halogens is 3. The maximum absolute atomic E-state index is 14.4. The number of nitrogens with one attached hydrogen (secondary N) is 2. The summed E-state index contributed by atoms with van der Waals surface area (Å²) < 4.78 is 49.3. The smallest absolute Gasteiger partial charge is 0.225 e. The van der Waals surface area contributed by atoms with Gasteiger partial charge < -0.3 is 21.1 Å². The van der Waals surface area contributed by atoms with E-state index in [1.54, 1.807) is 4.57 Å². The minimum atomic E-state index is -1.08. The minimum Gasteiger partial charge on any atom is -0.379 e. The van der Waals surface area contributed by atoms with Crippen molar-refractivity contribution in [3.05, 3.63) is 35.8 Å². The molecule has 2 aromatic heterocycles. The molecule has 1 saturated heterocycles. The number of rotatable bonds is 6. The first-order valence-corrected chi connectivity index (χ1v) is 11.2. The molecular formula is C22H24F3N7O2. The number of amides is 1. The average Bonchev–Trinajstić information content (AvgIpc) is 3.43.